The Morgan fingerprint density at radius 2 is 2.33 bits per heavy atom. The molecule has 68 valence electrons. The van der Waals surface area contributed by atoms with Crippen molar-refractivity contribution >= 4 is 27.3 Å². The van der Waals surface area contributed by atoms with Crippen molar-refractivity contribution < 1.29 is 0 Å². The number of likely N-dealkylation sites (N-methyl/N-ethyl adjacent to an activating group) is 1. The summed E-state index contributed by atoms with van der Waals surface area (Å²) in [5, 5.41) is 2.05. The van der Waals surface area contributed by atoms with Crippen LogP contribution < -0.4 is 5.73 Å². The van der Waals surface area contributed by atoms with Gasteiger partial charge in [0.1, 0.15) is 0 Å². The maximum Gasteiger partial charge on any atom is 0.0530 e. The molecule has 1 unspecified atom stereocenters. The highest BCUT2D eigenvalue weighted by molar-refractivity contribution is 9.10. The Kier molecular flexibility index (Phi) is 3.71. The van der Waals surface area contributed by atoms with E-state index in [1.807, 2.05) is 20.2 Å². The number of hydrogen-bond acceptors (Lipinski definition) is 3. The smallest absolute Gasteiger partial charge is 0.0530 e. The van der Waals surface area contributed by atoms with E-state index in [9.17, 15) is 0 Å². The molecule has 1 aromatic rings. The molecule has 1 rings (SSSR count). The van der Waals surface area contributed by atoms with Gasteiger partial charge >= 0.3 is 0 Å². The number of nitrogens with two attached hydrogens (primary N) is 1. The minimum absolute atomic E-state index is 0.120. The van der Waals surface area contributed by atoms with E-state index in [0.717, 1.165) is 11.0 Å². The van der Waals surface area contributed by atoms with E-state index in [0.29, 0.717) is 0 Å². The van der Waals surface area contributed by atoms with Gasteiger partial charge in [-0.3, -0.25) is 0 Å². The molecule has 2 nitrogen and oxygen atoms in total. The Labute approximate surface area is 85.5 Å². The zero-order valence-electron chi connectivity index (χ0n) is 7.25. The first kappa shape index (κ1) is 10.2. The summed E-state index contributed by atoms with van der Waals surface area (Å²) in [6.07, 6.45) is 0. The molecule has 0 saturated heterocycles. The number of nitrogens with zero attached hydrogens (tertiary/aromatic N) is 1. The van der Waals surface area contributed by atoms with Crippen LogP contribution in [-0.4, -0.2) is 25.5 Å². The second-order valence-electron chi connectivity index (χ2n) is 3.00. The molecular formula is C8H13BrN2S. The van der Waals surface area contributed by atoms with Gasteiger partial charge in [-0.1, -0.05) is 0 Å². The summed E-state index contributed by atoms with van der Waals surface area (Å²) in [4.78, 5) is 3.32. The lowest BCUT2D eigenvalue weighted by atomic mass is 10.2. The minimum Gasteiger partial charge on any atom is -0.322 e. The van der Waals surface area contributed by atoms with Crippen LogP contribution in [0.15, 0.2) is 15.9 Å². The summed E-state index contributed by atoms with van der Waals surface area (Å²) in [6.45, 7) is 0.888. The van der Waals surface area contributed by atoms with E-state index < -0.39 is 0 Å². The molecule has 1 atom stereocenters. The Bertz CT molecular complexity index is 247. The van der Waals surface area contributed by atoms with Crippen molar-refractivity contribution in [3.8, 4) is 0 Å². The topological polar surface area (TPSA) is 29.3 Å². The summed E-state index contributed by atoms with van der Waals surface area (Å²) in [7, 11) is 4.06. The van der Waals surface area contributed by atoms with Crippen LogP contribution >= 0.6 is 27.3 Å². The predicted molar refractivity (Wildman–Crippen MR) is 57.5 cm³/mol. The SMILES string of the molecule is CN(C)CC(N)c1sccc1Br. The zero-order chi connectivity index (χ0) is 9.14. The van der Waals surface area contributed by atoms with Crippen molar-refractivity contribution in [2.75, 3.05) is 20.6 Å². The van der Waals surface area contributed by atoms with E-state index in [2.05, 4.69) is 26.2 Å². The van der Waals surface area contributed by atoms with Gasteiger partial charge in [-0.15, -0.1) is 11.3 Å². The predicted octanol–water partition coefficient (Wildman–Crippen LogP) is 2.07. The molecular weight excluding hydrogens is 236 g/mol. The van der Waals surface area contributed by atoms with Crippen molar-refractivity contribution in [2.45, 2.75) is 6.04 Å². The van der Waals surface area contributed by atoms with Crippen molar-refractivity contribution in [3.05, 3.63) is 20.8 Å². The van der Waals surface area contributed by atoms with E-state index in [1.54, 1.807) is 11.3 Å². The number of halogens is 1. The summed E-state index contributed by atoms with van der Waals surface area (Å²) >= 11 is 5.17. The fourth-order valence-corrected chi connectivity index (χ4v) is 2.71. The fraction of sp³-hybridized carbons (Fsp3) is 0.500. The van der Waals surface area contributed by atoms with Crippen LogP contribution in [0.2, 0.25) is 0 Å². The van der Waals surface area contributed by atoms with Gasteiger partial charge in [0.2, 0.25) is 0 Å². The molecule has 2 N–H and O–H groups in total. The number of thiophene rings is 1. The molecule has 0 spiro atoms. The summed E-state index contributed by atoms with van der Waals surface area (Å²) < 4.78 is 1.13. The highest BCUT2D eigenvalue weighted by Crippen LogP contribution is 2.27. The van der Waals surface area contributed by atoms with Crippen LogP contribution in [0.1, 0.15) is 10.9 Å². The maximum atomic E-state index is 5.98. The Morgan fingerprint density at radius 3 is 2.75 bits per heavy atom. The Hall–Kier alpha value is 0.100. The van der Waals surface area contributed by atoms with Gasteiger partial charge in [-0.25, -0.2) is 0 Å². The molecule has 0 aliphatic rings. The fourth-order valence-electron chi connectivity index (χ4n) is 1.05. The first-order valence-electron chi connectivity index (χ1n) is 3.74. The van der Waals surface area contributed by atoms with Gasteiger partial charge in [-0.2, -0.15) is 0 Å². The molecule has 0 aliphatic carbocycles. The van der Waals surface area contributed by atoms with Crippen LogP contribution in [0.3, 0.4) is 0 Å². The van der Waals surface area contributed by atoms with Gasteiger partial charge in [0.15, 0.2) is 0 Å². The highest BCUT2D eigenvalue weighted by Gasteiger charge is 2.11. The van der Waals surface area contributed by atoms with Gasteiger partial charge in [0.25, 0.3) is 0 Å². The van der Waals surface area contributed by atoms with Crippen LogP contribution in [0.4, 0.5) is 0 Å². The maximum absolute atomic E-state index is 5.98. The monoisotopic (exact) mass is 248 g/mol. The van der Waals surface area contributed by atoms with E-state index >= 15 is 0 Å². The van der Waals surface area contributed by atoms with Gasteiger partial charge in [0, 0.05) is 15.9 Å². The third kappa shape index (κ3) is 2.55. The third-order valence-electron chi connectivity index (χ3n) is 1.54. The molecule has 1 heterocycles. The largest absolute Gasteiger partial charge is 0.322 e. The highest BCUT2D eigenvalue weighted by atomic mass is 79.9. The Balaban J connectivity index is 2.65. The lowest BCUT2D eigenvalue weighted by Crippen LogP contribution is -2.25. The van der Waals surface area contributed by atoms with Crippen molar-refractivity contribution in [1.29, 1.82) is 0 Å². The van der Waals surface area contributed by atoms with Crippen molar-refractivity contribution in [2.24, 2.45) is 5.73 Å². The first-order chi connectivity index (χ1) is 5.61. The number of hydrogen-bond donors (Lipinski definition) is 1. The molecule has 0 saturated carbocycles. The summed E-state index contributed by atoms with van der Waals surface area (Å²) in [6, 6.07) is 2.16. The molecule has 0 aliphatic heterocycles. The van der Waals surface area contributed by atoms with Crippen LogP contribution in [0.5, 0.6) is 0 Å². The third-order valence-corrected chi connectivity index (χ3v) is 3.55. The average molecular weight is 249 g/mol. The number of rotatable bonds is 3. The molecule has 0 fully saturated rings. The first-order valence-corrected chi connectivity index (χ1v) is 5.41. The lowest BCUT2D eigenvalue weighted by Gasteiger charge is -2.15. The van der Waals surface area contributed by atoms with Crippen LogP contribution in [0, 0.1) is 0 Å². The minimum atomic E-state index is 0.120. The normalized spacial score (nSPS) is 13.8. The second kappa shape index (κ2) is 4.37. The molecule has 0 radical (unpaired) electrons. The average Bonchev–Trinajstić information content (AvgIpc) is 2.33. The standard InChI is InChI=1S/C8H13BrN2S/c1-11(2)5-7(10)8-6(9)3-4-12-8/h3-4,7H,5,10H2,1-2H3. The molecule has 0 aromatic carbocycles. The van der Waals surface area contributed by atoms with Crippen LogP contribution in [0.25, 0.3) is 0 Å². The molecule has 12 heavy (non-hydrogen) atoms. The van der Waals surface area contributed by atoms with E-state index in [1.165, 1.54) is 4.88 Å². The zero-order valence-corrected chi connectivity index (χ0v) is 9.65. The summed E-state index contributed by atoms with van der Waals surface area (Å²) in [5.41, 5.74) is 5.98. The van der Waals surface area contributed by atoms with Gasteiger partial charge in [-0.05, 0) is 41.5 Å². The van der Waals surface area contributed by atoms with Crippen molar-refractivity contribution in [1.82, 2.24) is 4.90 Å². The van der Waals surface area contributed by atoms with Gasteiger partial charge < -0.3 is 10.6 Å². The molecule has 0 bridgehead atoms. The van der Waals surface area contributed by atoms with Crippen molar-refractivity contribution in [3.63, 3.8) is 0 Å². The van der Waals surface area contributed by atoms with Crippen LogP contribution in [-0.2, 0) is 0 Å². The van der Waals surface area contributed by atoms with E-state index in [4.69, 9.17) is 5.73 Å². The van der Waals surface area contributed by atoms with Gasteiger partial charge in [0.05, 0.1) is 6.04 Å². The summed E-state index contributed by atoms with van der Waals surface area (Å²) in [5.74, 6) is 0. The van der Waals surface area contributed by atoms with E-state index in [-0.39, 0.29) is 6.04 Å². The quantitative estimate of drug-likeness (QED) is 0.888. The molecule has 0 amide bonds. The molecule has 1 aromatic heterocycles. The lowest BCUT2D eigenvalue weighted by molar-refractivity contribution is 0.378. The second-order valence-corrected chi connectivity index (χ2v) is 4.80. The Morgan fingerprint density at radius 1 is 1.67 bits per heavy atom. The molecule has 4 heteroatoms.